The number of pyridine rings is 1. The van der Waals surface area contributed by atoms with Crippen molar-refractivity contribution in [3.8, 4) is 0 Å². The Morgan fingerprint density at radius 3 is 2.56 bits per heavy atom. The van der Waals surface area contributed by atoms with Gasteiger partial charge in [0, 0.05) is 50.7 Å². The van der Waals surface area contributed by atoms with Crippen molar-refractivity contribution in [2.24, 2.45) is 0 Å². The summed E-state index contributed by atoms with van der Waals surface area (Å²) in [6.45, 7) is 5.02. The van der Waals surface area contributed by atoms with E-state index in [0.717, 1.165) is 57.0 Å². The van der Waals surface area contributed by atoms with Gasteiger partial charge in [-0.2, -0.15) is 0 Å². The Morgan fingerprint density at radius 1 is 1.11 bits per heavy atom. The molecule has 1 aliphatic heterocycles. The highest BCUT2D eigenvalue weighted by atomic mass is 19.2. The molecule has 0 saturated carbocycles. The molecule has 0 aliphatic carbocycles. The van der Waals surface area contributed by atoms with Crippen LogP contribution in [0.25, 0.3) is 0 Å². The molecule has 0 spiro atoms. The zero-order chi connectivity index (χ0) is 19.1. The summed E-state index contributed by atoms with van der Waals surface area (Å²) in [5, 5.41) is 0. The highest BCUT2D eigenvalue weighted by Gasteiger charge is 2.19. The van der Waals surface area contributed by atoms with Crippen molar-refractivity contribution in [1.82, 2.24) is 14.8 Å². The van der Waals surface area contributed by atoms with Gasteiger partial charge in [0.05, 0.1) is 13.2 Å². The summed E-state index contributed by atoms with van der Waals surface area (Å²) in [5.41, 5.74) is 1.08. The minimum atomic E-state index is -1.02. The molecule has 5 nitrogen and oxygen atoms in total. The van der Waals surface area contributed by atoms with Gasteiger partial charge in [0.15, 0.2) is 11.6 Å². The van der Waals surface area contributed by atoms with Crippen LogP contribution in [-0.4, -0.2) is 60.1 Å². The molecule has 0 radical (unpaired) electrons. The van der Waals surface area contributed by atoms with Crippen molar-refractivity contribution in [2.45, 2.75) is 13.0 Å². The number of ether oxygens (including phenoxy) is 1. The van der Waals surface area contributed by atoms with E-state index in [-0.39, 0.29) is 11.5 Å². The van der Waals surface area contributed by atoms with Crippen LogP contribution in [0.1, 0.15) is 22.3 Å². The van der Waals surface area contributed by atoms with Gasteiger partial charge in [-0.05, 0) is 42.3 Å². The molecule has 3 rings (SSSR count). The third-order valence-corrected chi connectivity index (χ3v) is 4.58. The van der Waals surface area contributed by atoms with Crippen LogP contribution in [0.4, 0.5) is 8.78 Å². The molecular weight excluding hydrogens is 352 g/mol. The molecule has 1 saturated heterocycles. The molecule has 0 bridgehead atoms. The van der Waals surface area contributed by atoms with Crippen molar-refractivity contribution in [1.29, 1.82) is 0 Å². The van der Waals surface area contributed by atoms with Gasteiger partial charge in [-0.25, -0.2) is 8.78 Å². The molecule has 27 heavy (non-hydrogen) atoms. The fraction of sp³-hybridized carbons (Fsp3) is 0.400. The second-order valence-electron chi connectivity index (χ2n) is 6.52. The Balaban J connectivity index is 1.68. The lowest BCUT2D eigenvalue weighted by molar-refractivity contribution is 0.0355. The fourth-order valence-electron chi connectivity index (χ4n) is 3.08. The van der Waals surface area contributed by atoms with Gasteiger partial charge in [0.1, 0.15) is 0 Å². The average molecular weight is 375 g/mol. The Bertz CT molecular complexity index is 752. The number of halogens is 2. The van der Waals surface area contributed by atoms with E-state index in [0.29, 0.717) is 13.1 Å². The van der Waals surface area contributed by atoms with E-state index >= 15 is 0 Å². The highest BCUT2D eigenvalue weighted by Crippen LogP contribution is 2.14. The van der Waals surface area contributed by atoms with Gasteiger partial charge >= 0.3 is 0 Å². The van der Waals surface area contributed by atoms with Crippen LogP contribution in [0.5, 0.6) is 0 Å². The number of carbonyl (C=O) groups excluding carboxylic acids is 1. The summed E-state index contributed by atoms with van der Waals surface area (Å²) in [5.74, 6) is -2.29. The smallest absolute Gasteiger partial charge is 0.254 e. The molecule has 144 valence electrons. The normalized spacial score (nSPS) is 14.9. The molecule has 1 fully saturated rings. The summed E-state index contributed by atoms with van der Waals surface area (Å²) in [6.07, 6.45) is 4.13. The maximum absolute atomic E-state index is 13.6. The zero-order valence-corrected chi connectivity index (χ0v) is 15.1. The first kappa shape index (κ1) is 19.4. The third kappa shape index (κ3) is 5.55. The predicted molar refractivity (Wildman–Crippen MR) is 97.2 cm³/mol. The number of hydrogen-bond acceptors (Lipinski definition) is 4. The van der Waals surface area contributed by atoms with Gasteiger partial charge in [-0.3, -0.25) is 14.7 Å². The molecular formula is C20H23F2N3O2. The molecule has 0 N–H and O–H groups in total. The van der Waals surface area contributed by atoms with Crippen molar-refractivity contribution in [2.75, 3.05) is 39.4 Å². The monoisotopic (exact) mass is 375 g/mol. The standard InChI is InChI=1S/C20H23F2N3O2/c21-18-3-2-17(14-19(18)22)20(26)25(15-16-4-6-23-7-5-16)9-1-8-24-10-12-27-13-11-24/h2-7,14H,1,8-13,15H2. The van der Waals surface area contributed by atoms with Gasteiger partial charge in [-0.1, -0.05) is 0 Å². The molecule has 1 aromatic heterocycles. The number of carbonyl (C=O) groups is 1. The van der Waals surface area contributed by atoms with Crippen LogP contribution in [-0.2, 0) is 11.3 Å². The van der Waals surface area contributed by atoms with E-state index in [9.17, 15) is 13.6 Å². The Kier molecular flexibility index (Phi) is 6.84. The second kappa shape index (κ2) is 9.53. The van der Waals surface area contributed by atoms with E-state index in [1.165, 1.54) is 6.07 Å². The summed E-state index contributed by atoms with van der Waals surface area (Å²) in [4.78, 5) is 20.8. The van der Waals surface area contributed by atoms with Crippen molar-refractivity contribution in [3.05, 3.63) is 65.5 Å². The van der Waals surface area contributed by atoms with Crippen LogP contribution in [0.3, 0.4) is 0 Å². The first-order chi connectivity index (χ1) is 13.1. The minimum absolute atomic E-state index is 0.148. The van der Waals surface area contributed by atoms with Crippen molar-refractivity contribution >= 4 is 5.91 Å². The third-order valence-electron chi connectivity index (χ3n) is 4.58. The Morgan fingerprint density at radius 2 is 1.85 bits per heavy atom. The van der Waals surface area contributed by atoms with Crippen LogP contribution < -0.4 is 0 Å². The molecule has 2 heterocycles. The quantitative estimate of drug-likeness (QED) is 0.747. The van der Waals surface area contributed by atoms with E-state index in [4.69, 9.17) is 4.74 Å². The van der Waals surface area contributed by atoms with Crippen LogP contribution in [0.15, 0.2) is 42.7 Å². The topological polar surface area (TPSA) is 45.7 Å². The van der Waals surface area contributed by atoms with E-state index in [1.807, 2.05) is 12.1 Å². The molecule has 7 heteroatoms. The lowest BCUT2D eigenvalue weighted by Crippen LogP contribution is -2.39. The number of aromatic nitrogens is 1. The van der Waals surface area contributed by atoms with Crippen molar-refractivity contribution in [3.63, 3.8) is 0 Å². The fourth-order valence-corrected chi connectivity index (χ4v) is 3.08. The molecule has 1 aliphatic rings. The first-order valence-corrected chi connectivity index (χ1v) is 9.07. The lowest BCUT2D eigenvalue weighted by Gasteiger charge is -2.28. The van der Waals surface area contributed by atoms with Crippen molar-refractivity contribution < 1.29 is 18.3 Å². The highest BCUT2D eigenvalue weighted by molar-refractivity contribution is 5.94. The van der Waals surface area contributed by atoms with Gasteiger partial charge in [0.25, 0.3) is 5.91 Å². The first-order valence-electron chi connectivity index (χ1n) is 9.07. The molecule has 0 atom stereocenters. The van der Waals surface area contributed by atoms with Crippen LogP contribution in [0.2, 0.25) is 0 Å². The number of morpholine rings is 1. The second-order valence-corrected chi connectivity index (χ2v) is 6.52. The van der Waals surface area contributed by atoms with E-state index in [2.05, 4.69) is 9.88 Å². The van der Waals surface area contributed by atoms with E-state index in [1.54, 1.807) is 17.3 Å². The Labute approximate surface area is 157 Å². The number of hydrogen-bond donors (Lipinski definition) is 0. The summed E-state index contributed by atoms with van der Waals surface area (Å²) >= 11 is 0. The molecule has 0 unspecified atom stereocenters. The van der Waals surface area contributed by atoms with E-state index < -0.39 is 11.6 Å². The lowest BCUT2D eigenvalue weighted by atomic mass is 10.1. The molecule has 1 aromatic carbocycles. The predicted octanol–water partition coefficient (Wildman–Crippen LogP) is 2.72. The summed E-state index contributed by atoms with van der Waals surface area (Å²) < 4.78 is 32.1. The Hall–Kier alpha value is -2.38. The number of nitrogens with zero attached hydrogens (tertiary/aromatic N) is 3. The number of benzene rings is 1. The largest absolute Gasteiger partial charge is 0.379 e. The average Bonchev–Trinajstić information content (AvgIpc) is 2.70. The summed E-state index contributed by atoms with van der Waals surface area (Å²) in [7, 11) is 0. The SMILES string of the molecule is O=C(c1ccc(F)c(F)c1)N(CCCN1CCOCC1)Cc1ccncc1. The number of rotatable bonds is 7. The van der Waals surface area contributed by atoms with Gasteiger partial charge < -0.3 is 9.64 Å². The number of amides is 1. The van der Waals surface area contributed by atoms with Crippen LogP contribution in [0, 0.1) is 11.6 Å². The summed E-state index contributed by atoms with van der Waals surface area (Å²) in [6, 6.07) is 6.95. The molecule has 2 aromatic rings. The van der Waals surface area contributed by atoms with Gasteiger partial charge in [-0.15, -0.1) is 0 Å². The minimum Gasteiger partial charge on any atom is -0.379 e. The maximum atomic E-state index is 13.6. The van der Waals surface area contributed by atoms with Crippen LogP contribution >= 0.6 is 0 Å². The molecule has 1 amide bonds. The van der Waals surface area contributed by atoms with Gasteiger partial charge in [0.2, 0.25) is 0 Å². The maximum Gasteiger partial charge on any atom is 0.254 e. The zero-order valence-electron chi connectivity index (χ0n) is 15.1.